The van der Waals surface area contributed by atoms with Crippen LogP contribution in [0.4, 0.5) is 0 Å². The maximum Gasteiger partial charge on any atom is 0.0339 e. The van der Waals surface area contributed by atoms with E-state index in [1.54, 1.807) is 0 Å². The molecule has 0 spiro atoms. The highest BCUT2D eigenvalue weighted by molar-refractivity contribution is 7.99. The Morgan fingerprint density at radius 1 is 1.22 bits per heavy atom. The van der Waals surface area contributed by atoms with Crippen molar-refractivity contribution in [1.29, 1.82) is 0 Å². The minimum atomic E-state index is 0.596. The zero-order valence-electron chi connectivity index (χ0n) is 11.2. The second-order valence-electron chi connectivity index (χ2n) is 5.92. The molecule has 1 fully saturated rings. The van der Waals surface area contributed by atoms with Gasteiger partial charge in [0.05, 0.1) is 0 Å². The smallest absolute Gasteiger partial charge is 0.0339 e. The number of thioether (sulfide) groups is 1. The summed E-state index contributed by atoms with van der Waals surface area (Å²) in [5, 5.41) is 3.83. The summed E-state index contributed by atoms with van der Waals surface area (Å²) >= 11 is 2.01. The van der Waals surface area contributed by atoms with Gasteiger partial charge in [0.25, 0.3) is 0 Å². The second-order valence-corrected chi connectivity index (χ2v) is 7.06. The number of hydrogen-bond acceptors (Lipinski definition) is 2. The van der Waals surface area contributed by atoms with E-state index in [1.807, 2.05) is 11.8 Å². The number of rotatable bonds is 3. The Balaban J connectivity index is 1.60. The minimum Gasteiger partial charge on any atom is -0.310 e. The van der Waals surface area contributed by atoms with Gasteiger partial charge in [-0.1, -0.05) is 31.5 Å². The summed E-state index contributed by atoms with van der Waals surface area (Å²) in [5.74, 6) is 3.13. The van der Waals surface area contributed by atoms with Gasteiger partial charge in [-0.2, -0.15) is 0 Å². The van der Waals surface area contributed by atoms with E-state index in [9.17, 15) is 0 Å². The van der Waals surface area contributed by atoms with Crippen LogP contribution in [0.5, 0.6) is 0 Å². The molecular formula is C16H23NS. The normalized spacial score (nSPS) is 31.3. The molecule has 0 amide bonds. The average Bonchev–Trinajstić information content (AvgIpc) is 2.82. The lowest BCUT2D eigenvalue weighted by molar-refractivity contribution is 0.418. The van der Waals surface area contributed by atoms with Crippen LogP contribution in [0, 0.1) is 11.8 Å². The summed E-state index contributed by atoms with van der Waals surface area (Å²) in [6, 6.07) is 9.50. The van der Waals surface area contributed by atoms with E-state index >= 15 is 0 Å². The van der Waals surface area contributed by atoms with Gasteiger partial charge in [-0.3, -0.25) is 0 Å². The molecule has 18 heavy (non-hydrogen) atoms. The highest BCUT2D eigenvalue weighted by Crippen LogP contribution is 2.36. The zero-order chi connectivity index (χ0) is 12.4. The first-order chi connectivity index (χ1) is 8.83. The highest BCUT2D eigenvalue weighted by Gasteiger charge is 2.24. The summed E-state index contributed by atoms with van der Waals surface area (Å²) in [6.07, 6.45) is 5.57. The molecule has 1 aliphatic carbocycles. The van der Waals surface area contributed by atoms with Crippen molar-refractivity contribution >= 4 is 11.8 Å². The van der Waals surface area contributed by atoms with Crippen LogP contribution in [0.2, 0.25) is 0 Å². The molecule has 1 nitrogen and oxygen atoms in total. The van der Waals surface area contributed by atoms with Crippen LogP contribution in [0.25, 0.3) is 0 Å². The van der Waals surface area contributed by atoms with E-state index in [0.29, 0.717) is 6.04 Å². The van der Waals surface area contributed by atoms with Crippen molar-refractivity contribution in [3.05, 3.63) is 29.8 Å². The van der Waals surface area contributed by atoms with Crippen molar-refractivity contribution in [2.75, 3.05) is 12.3 Å². The average molecular weight is 261 g/mol. The van der Waals surface area contributed by atoms with Gasteiger partial charge in [-0.15, -0.1) is 11.8 Å². The van der Waals surface area contributed by atoms with Crippen LogP contribution in [0.1, 0.15) is 44.2 Å². The van der Waals surface area contributed by atoms with Gasteiger partial charge in [-0.05, 0) is 55.0 Å². The van der Waals surface area contributed by atoms with Gasteiger partial charge < -0.3 is 5.32 Å². The number of fused-ring (bicyclic) bond motifs is 1. The molecule has 98 valence electrons. The predicted molar refractivity (Wildman–Crippen MR) is 79.0 cm³/mol. The lowest BCUT2D eigenvalue weighted by Crippen LogP contribution is -2.28. The second kappa shape index (κ2) is 5.66. The Morgan fingerprint density at radius 3 is 2.94 bits per heavy atom. The molecule has 2 aliphatic rings. The molecule has 1 aliphatic heterocycles. The fraction of sp³-hybridized carbons (Fsp3) is 0.625. The van der Waals surface area contributed by atoms with Gasteiger partial charge in [0.2, 0.25) is 0 Å². The largest absolute Gasteiger partial charge is 0.310 e. The Hall–Kier alpha value is -0.470. The van der Waals surface area contributed by atoms with Gasteiger partial charge in [-0.25, -0.2) is 0 Å². The Morgan fingerprint density at radius 2 is 2.11 bits per heavy atom. The van der Waals surface area contributed by atoms with E-state index < -0.39 is 0 Å². The summed E-state index contributed by atoms with van der Waals surface area (Å²) in [4.78, 5) is 1.49. The Kier molecular flexibility index (Phi) is 3.95. The summed E-state index contributed by atoms with van der Waals surface area (Å²) in [6.45, 7) is 3.61. The first-order valence-electron chi connectivity index (χ1n) is 7.28. The van der Waals surface area contributed by atoms with Gasteiger partial charge >= 0.3 is 0 Å². The van der Waals surface area contributed by atoms with Crippen LogP contribution < -0.4 is 5.32 Å². The molecule has 0 saturated heterocycles. The van der Waals surface area contributed by atoms with Crippen molar-refractivity contribution < 1.29 is 0 Å². The van der Waals surface area contributed by atoms with Crippen molar-refractivity contribution in [1.82, 2.24) is 5.32 Å². The van der Waals surface area contributed by atoms with E-state index in [1.165, 1.54) is 48.4 Å². The standard InChI is InChI=1S/C16H23NS/c1-12-6-7-13(10-12)11-17-15-8-9-18-16-5-3-2-4-14(15)16/h2-5,12-13,15,17H,6-11H2,1H3. The van der Waals surface area contributed by atoms with Gasteiger partial charge in [0, 0.05) is 10.9 Å². The minimum absolute atomic E-state index is 0.596. The SMILES string of the molecule is CC1CCC(CNC2CCSc3ccccc32)C1. The van der Waals surface area contributed by atoms with E-state index in [0.717, 1.165) is 11.8 Å². The van der Waals surface area contributed by atoms with E-state index in [2.05, 4.69) is 36.5 Å². The zero-order valence-corrected chi connectivity index (χ0v) is 12.0. The number of benzene rings is 1. The maximum absolute atomic E-state index is 3.83. The predicted octanol–water partition coefficient (Wildman–Crippen LogP) is 4.25. The number of hydrogen-bond donors (Lipinski definition) is 1. The van der Waals surface area contributed by atoms with Crippen molar-refractivity contribution in [3.8, 4) is 0 Å². The molecular weight excluding hydrogens is 238 g/mol. The van der Waals surface area contributed by atoms with Crippen molar-refractivity contribution in [2.24, 2.45) is 11.8 Å². The first kappa shape index (κ1) is 12.6. The molecule has 3 atom stereocenters. The van der Waals surface area contributed by atoms with Crippen LogP contribution in [-0.4, -0.2) is 12.3 Å². The molecule has 2 heteroatoms. The fourth-order valence-electron chi connectivity index (χ4n) is 3.37. The summed E-state index contributed by atoms with van der Waals surface area (Å²) in [7, 11) is 0. The molecule has 1 heterocycles. The molecule has 3 unspecified atom stereocenters. The molecule has 1 saturated carbocycles. The van der Waals surface area contributed by atoms with E-state index in [-0.39, 0.29) is 0 Å². The van der Waals surface area contributed by atoms with Gasteiger partial charge in [0.15, 0.2) is 0 Å². The molecule has 0 aromatic heterocycles. The maximum atomic E-state index is 3.83. The molecule has 0 radical (unpaired) electrons. The summed E-state index contributed by atoms with van der Waals surface area (Å²) in [5.41, 5.74) is 1.53. The highest BCUT2D eigenvalue weighted by atomic mass is 32.2. The van der Waals surface area contributed by atoms with Crippen LogP contribution in [-0.2, 0) is 0 Å². The lowest BCUT2D eigenvalue weighted by atomic mass is 10.0. The third-order valence-corrected chi connectivity index (χ3v) is 5.54. The molecule has 1 aromatic rings. The van der Waals surface area contributed by atoms with Crippen LogP contribution in [0.3, 0.4) is 0 Å². The van der Waals surface area contributed by atoms with Gasteiger partial charge in [0.1, 0.15) is 0 Å². The fourth-order valence-corrected chi connectivity index (χ4v) is 4.50. The lowest BCUT2D eigenvalue weighted by Gasteiger charge is -2.27. The first-order valence-corrected chi connectivity index (χ1v) is 8.26. The topological polar surface area (TPSA) is 12.0 Å². The Bertz CT molecular complexity index is 404. The monoisotopic (exact) mass is 261 g/mol. The molecule has 1 aromatic carbocycles. The Labute approximate surface area is 115 Å². The molecule has 1 N–H and O–H groups in total. The third kappa shape index (κ3) is 2.75. The molecule has 3 rings (SSSR count). The van der Waals surface area contributed by atoms with Crippen molar-refractivity contribution in [2.45, 2.75) is 43.5 Å². The van der Waals surface area contributed by atoms with Crippen LogP contribution >= 0.6 is 11.8 Å². The summed E-state index contributed by atoms with van der Waals surface area (Å²) < 4.78 is 0. The number of nitrogens with one attached hydrogen (secondary N) is 1. The molecule has 0 bridgehead atoms. The van der Waals surface area contributed by atoms with Crippen molar-refractivity contribution in [3.63, 3.8) is 0 Å². The quantitative estimate of drug-likeness (QED) is 0.873. The van der Waals surface area contributed by atoms with E-state index in [4.69, 9.17) is 0 Å². The third-order valence-electron chi connectivity index (χ3n) is 4.41. The van der Waals surface area contributed by atoms with Crippen LogP contribution in [0.15, 0.2) is 29.2 Å².